The fraction of sp³-hybridized carbons (Fsp3) is 0. The zero-order valence-electron chi connectivity index (χ0n) is 9.92. The van der Waals surface area contributed by atoms with Crippen molar-refractivity contribution in [2.24, 2.45) is 0 Å². The van der Waals surface area contributed by atoms with Crippen molar-refractivity contribution in [3.05, 3.63) is 53.6 Å². The fourth-order valence-corrected chi connectivity index (χ4v) is 1.94. The number of benzene rings is 2. The van der Waals surface area contributed by atoms with Gasteiger partial charge in [-0.3, -0.25) is 0 Å². The largest absolute Gasteiger partial charge is 0.478 e. The topological polar surface area (TPSA) is 68.0 Å². The number of nitrogens with zero attached hydrogens (tertiary/aromatic N) is 3. The van der Waals surface area contributed by atoms with Gasteiger partial charge in [0, 0.05) is 6.07 Å². The van der Waals surface area contributed by atoms with Crippen molar-refractivity contribution in [2.75, 3.05) is 0 Å². The molecule has 0 saturated heterocycles. The molecule has 3 aromatic rings. The van der Waals surface area contributed by atoms with E-state index >= 15 is 0 Å². The average Bonchev–Trinajstić information content (AvgIpc) is 2.85. The molecule has 20 heavy (non-hydrogen) atoms. The molecule has 0 fully saturated rings. The fourth-order valence-electron chi connectivity index (χ4n) is 1.94. The summed E-state index contributed by atoms with van der Waals surface area (Å²) in [7, 11) is 0. The lowest BCUT2D eigenvalue weighted by Gasteiger charge is -2.04. The van der Waals surface area contributed by atoms with E-state index in [-0.39, 0.29) is 22.3 Å². The first-order chi connectivity index (χ1) is 9.58. The summed E-state index contributed by atoms with van der Waals surface area (Å²) in [5, 5.41) is 16.5. The molecule has 0 saturated carbocycles. The Hall–Kier alpha value is -2.83. The molecular formula is C13H7F2N3O2. The third-order valence-corrected chi connectivity index (χ3v) is 2.84. The van der Waals surface area contributed by atoms with E-state index in [2.05, 4.69) is 10.3 Å². The number of rotatable bonds is 2. The van der Waals surface area contributed by atoms with E-state index in [1.165, 1.54) is 18.2 Å². The number of aromatic carboxylic acids is 1. The van der Waals surface area contributed by atoms with Crippen LogP contribution in [0.2, 0.25) is 0 Å². The number of carboxylic acid groups (broad SMARTS) is 1. The minimum absolute atomic E-state index is 0.0504. The molecule has 1 heterocycles. The lowest BCUT2D eigenvalue weighted by Crippen LogP contribution is -2.01. The summed E-state index contributed by atoms with van der Waals surface area (Å²) in [5.74, 6) is -2.47. The van der Waals surface area contributed by atoms with E-state index in [0.29, 0.717) is 0 Å². The summed E-state index contributed by atoms with van der Waals surface area (Å²) in [6.07, 6.45) is 0. The van der Waals surface area contributed by atoms with E-state index in [1.54, 1.807) is 0 Å². The molecule has 2 aromatic carbocycles. The van der Waals surface area contributed by atoms with Crippen LogP contribution in [0.25, 0.3) is 16.7 Å². The van der Waals surface area contributed by atoms with Crippen LogP contribution in [0.4, 0.5) is 8.78 Å². The van der Waals surface area contributed by atoms with Crippen LogP contribution in [0.5, 0.6) is 0 Å². The molecule has 1 N–H and O–H groups in total. The highest BCUT2D eigenvalue weighted by atomic mass is 19.1. The maximum atomic E-state index is 13.7. The van der Waals surface area contributed by atoms with Crippen LogP contribution in [0.3, 0.4) is 0 Å². The van der Waals surface area contributed by atoms with Gasteiger partial charge in [-0.2, -0.15) is 0 Å². The van der Waals surface area contributed by atoms with Crippen molar-refractivity contribution in [2.45, 2.75) is 0 Å². The van der Waals surface area contributed by atoms with Crippen LogP contribution in [-0.4, -0.2) is 26.1 Å². The molecule has 0 aliphatic rings. The predicted molar refractivity (Wildman–Crippen MR) is 65.7 cm³/mol. The molecular weight excluding hydrogens is 268 g/mol. The number of carboxylic acids is 1. The first-order valence-corrected chi connectivity index (χ1v) is 5.61. The van der Waals surface area contributed by atoms with Gasteiger partial charge in [-0.05, 0) is 24.3 Å². The SMILES string of the molecule is O=C(O)c1cccc2c1nnn2-c1cc(F)ccc1F. The number of hydrogen-bond acceptors (Lipinski definition) is 3. The van der Waals surface area contributed by atoms with Gasteiger partial charge in [0.05, 0.1) is 11.1 Å². The predicted octanol–water partition coefficient (Wildman–Crippen LogP) is 2.40. The molecule has 0 radical (unpaired) electrons. The Labute approximate surface area is 111 Å². The van der Waals surface area contributed by atoms with Crippen molar-refractivity contribution >= 4 is 17.0 Å². The van der Waals surface area contributed by atoms with Crippen LogP contribution in [0.15, 0.2) is 36.4 Å². The Bertz CT molecular complexity index is 830. The monoisotopic (exact) mass is 275 g/mol. The summed E-state index contributed by atoms with van der Waals surface area (Å²) in [6.45, 7) is 0. The minimum atomic E-state index is -1.16. The Kier molecular flexibility index (Phi) is 2.67. The molecule has 7 heteroatoms. The van der Waals surface area contributed by atoms with Gasteiger partial charge in [0.1, 0.15) is 22.8 Å². The van der Waals surface area contributed by atoms with Gasteiger partial charge < -0.3 is 5.11 Å². The summed E-state index contributed by atoms with van der Waals surface area (Å²) in [4.78, 5) is 11.1. The van der Waals surface area contributed by atoms with Gasteiger partial charge in [0.2, 0.25) is 0 Å². The molecule has 100 valence electrons. The number of aromatic nitrogens is 3. The number of hydrogen-bond donors (Lipinski definition) is 1. The van der Waals surface area contributed by atoms with Crippen LogP contribution in [-0.2, 0) is 0 Å². The molecule has 0 atom stereocenters. The molecule has 5 nitrogen and oxygen atoms in total. The third-order valence-electron chi connectivity index (χ3n) is 2.84. The minimum Gasteiger partial charge on any atom is -0.478 e. The van der Waals surface area contributed by atoms with Crippen LogP contribution >= 0.6 is 0 Å². The van der Waals surface area contributed by atoms with Crippen LogP contribution in [0.1, 0.15) is 10.4 Å². The summed E-state index contributed by atoms with van der Waals surface area (Å²) in [5.41, 5.74) is 0.221. The van der Waals surface area contributed by atoms with E-state index in [9.17, 15) is 13.6 Å². The second-order valence-corrected chi connectivity index (χ2v) is 4.08. The van der Waals surface area contributed by atoms with E-state index in [4.69, 9.17) is 5.11 Å². The Morgan fingerprint density at radius 2 is 2.00 bits per heavy atom. The zero-order valence-corrected chi connectivity index (χ0v) is 9.92. The summed E-state index contributed by atoms with van der Waals surface area (Å²) < 4.78 is 28.0. The Morgan fingerprint density at radius 3 is 2.75 bits per heavy atom. The van der Waals surface area contributed by atoms with Crippen LogP contribution < -0.4 is 0 Å². The smallest absolute Gasteiger partial charge is 0.338 e. The molecule has 0 bridgehead atoms. The summed E-state index contributed by atoms with van der Waals surface area (Å²) >= 11 is 0. The first kappa shape index (κ1) is 12.2. The standard InChI is InChI=1S/C13H7F2N3O2/c14-7-4-5-9(15)11(6-7)18-10-3-1-2-8(13(19)20)12(10)16-17-18/h1-6H,(H,19,20). The lowest BCUT2D eigenvalue weighted by atomic mass is 10.2. The van der Waals surface area contributed by atoms with Gasteiger partial charge in [-0.25, -0.2) is 18.3 Å². The van der Waals surface area contributed by atoms with Gasteiger partial charge in [-0.1, -0.05) is 11.3 Å². The maximum Gasteiger partial charge on any atom is 0.338 e. The normalized spacial score (nSPS) is 10.9. The van der Waals surface area contributed by atoms with Crippen molar-refractivity contribution in [3.63, 3.8) is 0 Å². The highest BCUT2D eigenvalue weighted by molar-refractivity contribution is 6.00. The van der Waals surface area contributed by atoms with E-state index in [1.807, 2.05) is 0 Å². The number of fused-ring (bicyclic) bond motifs is 1. The molecule has 0 aliphatic heterocycles. The first-order valence-electron chi connectivity index (χ1n) is 5.61. The summed E-state index contributed by atoms with van der Waals surface area (Å²) in [6, 6.07) is 7.32. The van der Waals surface area contributed by atoms with Crippen molar-refractivity contribution in [1.82, 2.24) is 15.0 Å². The van der Waals surface area contributed by atoms with Gasteiger partial charge >= 0.3 is 5.97 Å². The van der Waals surface area contributed by atoms with Crippen LogP contribution in [0, 0.1) is 11.6 Å². The average molecular weight is 275 g/mol. The van der Waals surface area contributed by atoms with Gasteiger partial charge in [0.15, 0.2) is 0 Å². The molecule has 1 aromatic heterocycles. The number of carbonyl (C=O) groups is 1. The number of halogens is 2. The Morgan fingerprint density at radius 1 is 1.20 bits per heavy atom. The molecule has 0 amide bonds. The molecule has 0 spiro atoms. The highest BCUT2D eigenvalue weighted by Crippen LogP contribution is 2.22. The van der Waals surface area contributed by atoms with E-state index in [0.717, 1.165) is 22.9 Å². The Balaban J connectivity index is 2.31. The van der Waals surface area contributed by atoms with E-state index < -0.39 is 17.6 Å². The lowest BCUT2D eigenvalue weighted by molar-refractivity contribution is 0.0699. The third kappa shape index (κ3) is 1.80. The second-order valence-electron chi connectivity index (χ2n) is 4.08. The second kappa shape index (κ2) is 4.37. The molecule has 0 aliphatic carbocycles. The van der Waals surface area contributed by atoms with Crippen molar-refractivity contribution < 1.29 is 18.7 Å². The highest BCUT2D eigenvalue weighted by Gasteiger charge is 2.16. The van der Waals surface area contributed by atoms with Gasteiger partial charge in [-0.15, -0.1) is 5.10 Å². The van der Waals surface area contributed by atoms with Crippen molar-refractivity contribution in [3.8, 4) is 5.69 Å². The molecule has 3 rings (SSSR count). The maximum absolute atomic E-state index is 13.7. The quantitative estimate of drug-likeness (QED) is 0.779. The van der Waals surface area contributed by atoms with Crippen molar-refractivity contribution in [1.29, 1.82) is 0 Å². The van der Waals surface area contributed by atoms with Gasteiger partial charge in [0.25, 0.3) is 0 Å². The zero-order chi connectivity index (χ0) is 14.3. The molecule has 0 unspecified atom stereocenters.